The molecule has 1 heterocycles. The van der Waals surface area contributed by atoms with Gasteiger partial charge in [-0.1, -0.05) is 43.7 Å². The molecule has 2 aromatic rings. The quantitative estimate of drug-likeness (QED) is 0.689. The summed E-state index contributed by atoms with van der Waals surface area (Å²) < 4.78 is 10.5. The van der Waals surface area contributed by atoms with E-state index in [2.05, 4.69) is 24.4 Å². The minimum atomic E-state index is -0.0769. The predicted molar refractivity (Wildman–Crippen MR) is 120 cm³/mol. The van der Waals surface area contributed by atoms with Crippen molar-refractivity contribution in [2.45, 2.75) is 38.6 Å². The van der Waals surface area contributed by atoms with Crippen LogP contribution in [0.25, 0.3) is 0 Å². The number of nitrogens with one attached hydrogen (secondary N) is 1. The van der Waals surface area contributed by atoms with Crippen molar-refractivity contribution in [3.05, 3.63) is 59.7 Å². The standard InChI is InChI=1S/C25H32N2O4/c1-4-8-23(18-9-6-5-7-10-18)26-24(28)19-11-13-27(14-12-19)25(29)20-15-21(30-2)17-22(16-20)31-3/h5-7,9-10,15-17,19,23H,4,8,11-14H2,1-3H3,(H,26,28). The average molecular weight is 425 g/mol. The Bertz CT molecular complexity index is 854. The highest BCUT2D eigenvalue weighted by molar-refractivity contribution is 5.95. The zero-order valence-corrected chi connectivity index (χ0v) is 18.6. The molecule has 0 aliphatic carbocycles. The van der Waals surface area contributed by atoms with Gasteiger partial charge in [-0.05, 0) is 37.0 Å². The van der Waals surface area contributed by atoms with Gasteiger partial charge in [0, 0.05) is 30.6 Å². The molecule has 1 aliphatic rings. The van der Waals surface area contributed by atoms with Crippen LogP contribution in [0.2, 0.25) is 0 Å². The first kappa shape index (κ1) is 22.7. The van der Waals surface area contributed by atoms with Gasteiger partial charge in [0.05, 0.1) is 20.3 Å². The number of ether oxygens (including phenoxy) is 2. The molecule has 0 spiro atoms. The Labute approximate surface area is 184 Å². The molecule has 1 aliphatic heterocycles. The van der Waals surface area contributed by atoms with Crippen molar-refractivity contribution in [3.63, 3.8) is 0 Å². The Hall–Kier alpha value is -3.02. The maximum absolute atomic E-state index is 13.0. The Morgan fingerprint density at radius 3 is 2.19 bits per heavy atom. The number of amides is 2. The molecule has 6 nitrogen and oxygen atoms in total. The van der Waals surface area contributed by atoms with Crippen LogP contribution in [0.5, 0.6) is 11.5 Å². The van der Waals surface area contributed by atoms with Crippen LogP contribution in [0.15, 0.2) is 48.5 Å². The normalized spacial score (nSPS) is 15.3. The lowest BCUT2D eigenvalue weighted by molar-refractivity contribution is -0.127. The van der Waals surface area contributed by atoms with Gasteiger partial charge in [0.15, 0.2) is 0 Å². The molecule has 6 heteroatoms. The predicted octanol–water partition coefficient (Wildman–Crippen LogP) is 4.21. The Morgan fingerprint density at radius 2 is 1.65 bits per heavy atom. The number of carbonyl (C=O) groups is 2. The molecule has 0 saturated carbocycles. The Balaban J connectivity index is 1.59. The summed E-state index contributed by atoms with van der Waals surface area (Å²) in [6.45, 7) is 3.24. The van der Waals surface area contributed by atoms with E-state index < -0.39 is 0 Å². The third-order valence-corrected chi connectivity index (χ3v) is 5.85. The van der Waals surface area contributed by atoms with Crippen LogP contribution in [-0.4, -0.2) is 44.0 Å². The monoisotopic (exact) mass is 424 g/mol. The second kappa shape index (κ2) is 10.8. The first-order chi connectivity index (χ1) is 15.0. The summed E-state index contributed by atoms with van der Waals surface area (Å²) in [5, 5.41) is 3.23. The molecule has 1 fully saturated rings. The van der Waals surface area contributed by atoms with Crippen molar-refractivity contribution in [3.8, 4) is 11.5 Å². The van der Waals surface area contributed by atoms with Gasteiger partial charge < -0.3 is 19.7 Å². The minimum absolute atomic E-state index is 0.0302. The van der Waals surface area contributed by atoms with E-state index in [0.29, 0.717) is 43.0 Å². The molecule has 31 heavy (non-hydrogen) atoms. The van der Waals surface area contributed by atoms with Gasteiger partial charge in [0.2, 0.25) is 5.91 Å². The summed E-state index contributed by atoms with van der Waals surface area (Å²) in [7, 11) is 3.13. The summed E-state index contributed by atoms with van der Waals surface area (Å²) in [5.74, 6) is 1.10. The van der Waals surface area contributed by atoms with Crippen LogP contribution in [0.1, 0.15) is 54.6 Å². The number of nitrogens with zero attached hydrogens (tertiary/aromatic N) is 1. The molecule has 2 aromatic carbocycles. The Morgan fingerprint density at radius 1 is 1.03 bits per heavy atom. The summed E-state index contributed by atoms with van der Waals surface area (Å²) in [4.78, 5) is 27.7. The molecule has 1 unspecified atom stereocenters. The van der Waals surface area contributed by atoms with Crippen molar-refractivity contribution in [1.29, 1.82) is 0 Å². The fourth-order valence-corrected chi connectivity index (χ4v) is 4.04. The Kier molecular flexibility index (Phi) is 7.93. The van der Waals surface area contributed by atoms with Crippen molar-refractivity contribution in [2.75, 3.05) is 27.3 Å². The van der Waals surface area contributed by atoms with Crippen LogP contribution < -0.4 is 14.8 Å². The second-order valence-corrected chi connectivity index (χ2v) is 7.93. The maximum atomic E-state index is 13.0. The van der Waals surface area contributed by atoms with Gasteiger partial charge in [-0.3, -0.25) is 9.59 Å². The van der Waals surface area contributed by atoms with E-state index in [0.717, 1.165) is 18.4 Å². The SMILES string of the molecule is CCCC(NC(=O)C1CCN(C(=O)c2cc(OC)cc(OC)c2)CC1)c1ccccc1. The van der Waals surface area contributed by atoms with Crippen LogP contribution in [-0.2, 0) is 4.79 Å². The van der Waals surface area contributed by atoms with Crippen molar-refractivity contribution < 1.29 is 19.1 Å². The fourth-order valence-electron chi connectivity index (χ4n) is 4.04. The lowest BCUT2D eigenvalue weighted by atomic mass is 9.94. The van der Waals surface area contributed by atoms with Crippen molar-refractivity contribution in [2.24, 2.45) is 5.92 Å². The maximum Gasteiger partial charge on any atom is 0.254 e. The highest BCUT2D eigenvalue weighted by Crippen LogP contribution is 2.26. The number of carbonyl (C=O) groups excluding carboxylic acids is 2. The largest absolute Gasteiger partial charge is 0.497 e. The lowest BCUT2D eigenvalue weighted by Gasteiger charge is -2.32. The van der Waals surface area contributed by atoms with E-state index in [1.165, 1.54) is 0 Å². The zero-order valence-electron chi connectivity index (χ0n) is 18.6. The number of rotatable bonds is 8. The third kappa shape index (κ3) is 5.78. The number of methoxy groups -OCH3 is 2. The molecule has 1 atom stereocenters. The number of likely N-dealkylation sites (tertiary alicyclic amines) is 1. The number of hydrogen-bond donors (Lipinski definition) is 1. The first-order valence-corrected chi connectivity index (χ1v) is 10.9. The van der Waals surface area contributed by atoms with Gasteiger partial charge in [-0.15, -0.1) is 0 Å². The van der Waals surface area contributed by atoms with Crippen LogP contribution in [0.3, 0.4) is 0 Å². The zero-order chi connectivity index (χ0) is 22.2. The van der Waals surface area contributed by atoms with Crippen LogP contribution in [0, 0.1) is 5.92 Å². The minimum Gasteiger partial charge on any atom is -0.497 e. The van der Waals surface area contributed by atoms with E-state index >= 15 is 0 Å². The van der Waals surface area contributed by atoms with E-state index in [1.54, 1.807) is 37.3 Å². The molecular formula is C25H32N2O4. The second-order valence-electron chi connectivity index (χ2n) is 7.93. The average Bonchev–Trinajstić information content (AvgIpc) is 2.83. The molecule has 1 saturated heterocycles. The molecule has 1 N–H and O–H groups in total. The molecule has 3 rings (SSSR count). The van der Waals surface area contributed by atoms with E-state index in [1.807, 2.05) is 18.2 Å². The number of benzene rings is 2. The van der Waals surface area contributed by atoms with Gasteiger partial charge in [0.25, 0.3) is 5.91 Å². The van der Waals surface area contributed by atoms with Crippen molar-refractivity contribution in [1.82, 2.24) is 10.2 Å². The first-order valence-electron chi connectivity index (χ1n) is 10.9. The van der Waals surface area contributed by atoms with Crippen LogP contribution in [0.4, 0.5) is 0 Å². The van der Waals surface area contributed by atoms with Gasteiger partial charge in [-0.2, -0.15) is 0 Å². The van der Waals surface area contributed by atoms with Gasteiger partial charge >= 0.3 is 0 Å². The molecule has 2 amide bonds. The summed E-state index contributed by atoms with van der Waals surface area (Å²) in [6, 6.07) is 15.3. The van der Waals surface area contributed by atoms with Crippen molar-refractivity contribution >= 4 is 11.8 Å². The van der Waals surface area contributed by atoms with E-state index in [9.17, 15) is 9.59 Å². The topological polar surface area (TPSA) is 67.9 Å². The molecule has 166 valence electrons. The third-order valence-electron chi connectivity index (χ3n) is 5.85. The highest BCUT2D eigenvalue weighted by atomic mass is 16.5. The highest BCUT2D eigenvalue weighted by Gasteiger charge is 2.29. The molecule has 0 bridgehead atoms. The lowest BCUT2D eigenvalue weighted by Crippen LogP contribution is -2.43. The van der Waals surface area contributed by atoms with Gasteiger partial charge in [0.1, 0.15) is 11.5 Å². The number of piperidine rings is 1. The number of hydrogen-bond acceptors (Lipinski definition) is 4. The van der Waals surface area contributed by atoms with Crippen LogP contribution >= 0.6 is 0 Å². The molecule has 0 radical (unpaired) electrons. The fraction of sp³-hybridized carbons (Fsp3) is 0.440. The summed E-state index contributed by atoms with van der Waals surface area (Å²) in [5.41, 5.74) is 1.67. The summed E-state index contributed by atoms with van der Waals surface area (Å²) >= 11 is 0. The molecular weight excluding hydrogens is 392 g/mol. The van der Waals surface area contributed by atoms with E-state index in [-0.39, 0.29) is 23.8 Å². The smallest absolute Gasteiger partial charge is 0.254 e. The summed E-state index contributed by atoms with van der Waals surface area (Å²) in [6.07, 6.45) is 3.22. The molecule has 0 aromatic heterocycles. The van der Waals surface area contributed by atoms with E-state index in [4.69, 9.17) is 9.47 Å². The van der Waals surface area contributed by atoms with Gasteiger partial charge in [-0.25, -0.2) is 0 Å².